The molecule has 3 nitrogen and oxygen atoms in total. The highest BCUT2D eigenvalue weighted by Gasteiger charge is 2.16. The maximum atomic E-state index is 11.9. The van der Waals surface area contributed by atoms with Gasteiger partial charge in [0.2, 0.25) is 0 Å². The molecule has 94 valence electrons. The molecule has 1 heterocycles. The van der Waals surface area contributed by atoms with Gasteiger partial charge < -0.3 is 10.6 Å². The van der Waals surface area contributed by atoms with Gasteiger partial charge in [0.1, 0.15) is 0 Å². The monoisotopic (exact) mass is 252 g/mol. The Kier molecular flexibility index (Phi) is 4.57. The minimum Gasteiger partial charge on any atom is -0.350 e. The number of rotatable bonds is 5. The Bertz CT molecular complexity index is 363. The van der Waals surface area contributed by atoms with Crippen molar-refractivity contribution in [3.63, 3.8) is 0 Å². The first-order chi connectivity index (χ1) is 8.31. The first kappa shape index (κ1) is 12.6. The van der Waals surface area contributed by atoms with Crippen LogP contribution in [0.4, 0.5) is 0 Å². The number of amides is 1. The second-order valence-corrected chi connectivity index (χ2v) is 5.51. The van der Waals surface area contributed by atoms with Crippen LogP contribution in [0.15, 0.2) is 6.07 Å². The molecule has 1 aromatic heterocycles. The molecule has 1 amide bonds. The van der Waals surface area contributed by atoms with Crippen molar-refractivity contribution in [3.8, 4) is 0 Å². The molecule has 2 rings (SSSR count). The van der Waals surface area contributed by atoms with Crippen molar-refractivity contribution >= 4 is 17.2 Å². The first-order valence-electron chi connectivity index (χ1n) is 6.41. The van der Waals surface area contributed by atoms with Gasteiger partial charge in [0, 0.05) is 18.0 Å². The number of carbonyl (C=O) groups excluding carboxylic acids is 1. The zero-order valence-electron chi connectivity index (χ0n) is 10.3. The van der Waals surface area contributed by atoms with Gasteiger partial charge in [-0.15, -0.1) is 11.3 Å². The first-order valence-corrected chi connectivity index (χ1v) is 7.23. The average molecular weight is 252 g/mol. The number of nitrogens with one attached hydrogen (secondary N) is 2. The summed E-state index contributed by atoms with van der Waals surface area (Å²) in [6.07, 6.45) is 4.85. The molecule has 0 spiro atoms. The number of likely N-dealkylation sites (N-methyl/N-ethyl adjacent to an activating group) is 1. The molecule has 0 aliphatic heterocycles. The van der Waals surface area contributed by atoms with Crippen molar-refractivity contribution < 1.29 is 4.79 Å². The summed E-state index contributed by atoms with van der Waals surface area (Å²) in [5.41, 5.74) is 1.40. The van der Waals surface area contributed by atoms with Crippen LogP contribution in [0.3, 0.4) is 0 Å². The third kappa shape index (κ3) is 3.30. The Morgan fingerprint density at radius 2 is 2.18 bits per heavy atom. The van der Waals surface area contributed by atoms with Gasteiger partial charge in [0.05, 0.1) is 4.88 Å². The highest BCUT2D eigenvalue weighted by molar-refractivity contribution is 7.14. The van der Waals surface area contributed by atoms with Gasteiger partial charge in [0.15, 0.2) is 0 Å². The average Bonchev–Trinajstić information content (AvgIpc) is 2.78. The number of hydrogen-bond acceptors (Lipinski definition) is 3. The van der Waals surface area contributed by atoms with Crippen molar-refractivity contribution in [2.45, 2.75) is 32.6 Å². The van der Waals surface area contributed by atoms with E-state index in [-0.39, 0.29) is 5.91 Å². The molecule has 1 aliphatic rings. The minimum atomic E-state index is 0.0855. The fraction of sp³-hybridized carbons (Fsp3) is 0.615. The number of thiophene rings is 1. The van der Waals surface area contributed by atoms with Gasteiger partial charge >= 0.3 is 0 Å². The van der Waals surface area contributed by atoms with Crippen molar-refractivity contribution in [1.29, 1.82) is 0 Å². The van der Waals surface area contributed by atoms with E-state index in [1.807, 2.05) is 0 Å². The third-order valence-electron chi connectivity index (χ3n) is 3.06. The topological polar surface area (TPSA) is 41.1 Å². The number of fused-ring (bicyclic) bond motifs is 1. The number of carbonyl (C=O) groups is 1. The second-order valence-electron chi connectivity index (χ2n) is 4.38. The van der Waals surface area contributed by atoms with Crippen LogP contribution in [0.1, 0.15) is 39.9 Å². The molecule has 0 bridgehead atoms. The quantitative estimate of drug-likeness (QED) is 0.787. The van der Waals surface area contributed by atoms with E-state index in [1.165, 1.54) is 23.3 Å². The van der Waals surface area contributed by atoms with Gasteiger partial charge in [-0.2, -0.15) is 0 Å². The molecule has 17 heavy (non-hydrogen) atoms. The molecule has 0 saturated carbocycles. The van der Waals surface area contributed by atoms with E-state index in [1.54, 1.807) is 11.3 Å². The largest absolute Gasteiger partial charge is 0.350 e. The molecule has 0 atom stereocenters. The Labute approximate surface area is 107 Å². The van der Waals surface area contributed by atoms with E-state index in [9.17, 15) is 4.79 Å². The molecule has 2 N–H and O–H groups in total. The third-order valence-corrected chi connectivity index (χ3v) is 4.29. The molecule has 4 heteroatoms. The number of hydrogen-bond donors (Lipinski definition) is 2. The molecule has 0 radical (unpaired) electrons. The zero-order valence-corrected chi connectivity index (χ0v) is 11.2. The number of aryl methyl sites for hydroxylation is 2. The summed E-state index contributed by atoms with van der Waals surface area (Å²) in [6.45, 7) is 4.56. The van der Waals surface area contributed by atoms with Crippen LogP contribution in [0, 0.1) is 0 Å². The highest BCUT2D eigenvalue weighted by Crippen LogP contribution is 2.29. The normalized spacial score (nSPS) is 14.4. The van der Waals surface area contributed by atoms with Crippen LogP contribution >= 0.6 is 11.3 Å². The van der Waals surface area contributed by atoms with Crippen molar-refractivity contribution in [1.82, 2.24) is 10.6 Å². The molecule has 1 aromatic rings. The minimum absolute atomic E-state index is 0.0855. The van der Waals surface area contributed by atoms with E-state index >= 15 is 0 Å². The maximum absolute atomic E-state index is 11.9. The van der Waals surface area contributed by atoms with Gasteiger partial charge in [-0.1, -0.05) is 6.92 Å². The fourth-order valence-electron chi connectivity index (χ4n) is 2.13. The van der Waals surface area contributed by atoms with Crippen LogP contribution in [0.25, 0.3) is 0 Å². The van der Waals surface area contributed by atoms with Crippen LogP contribution in [0.5, 0.6) is 0 Å². The van der Waals surface area contributed by atoms with E-state index in [4.69, 9.17) is 0 Å². The molecular formula is C13H20N2OS. The summed E-state index contributed by atoms with van der Waals surface area (Å²) >= 11 is 1.67. The predicted molar refractivity (Wildman–Crippen MR) is 71.8 cm³/mol. The molecule has 0 unspecified atom stereocenters. The molecule has 0 fully saturated rings. The highest BCUT2D eigenvalue weighted by atomic mass is 32.1. The van der Waals surface area contributed by atoms with Crippen LogP contribution in [0.2, 0.25) is 0 Å². The standard InChI is InChI=1S/C13H20N2OS/c1-2-14-7-8-15-13(16)12-9-10-5-3-4-6-11(10)17-12/h9,14H,2-8H2,1H3,(H,15,16). The van der Waals surface area contributed by atoms with Crippen LogP contribution < -0.4 is 10.6 Å². The van der Waals surface area contributed by atoms with Gasteiger partial charge in [0.25, 0.3) is 5.91 Å². The van der Waals surface area contributed by atoms with Crippen molar-refractivity contribution in [3.05, 3.63) is 21.4 Å². The summed E-state index contributed by atoms with van der Waals surface area (Å²) in [7, 11) is 0. The van der Waals surface area contributed by atoms with Gasteiger partial charge in [-0.3, -0.25) is 4.79 Å². The van der Waals surface area contributed by atoms with Crippen LogP contribution in [-0.4, -0.2) is 25.5 Å². The smallest absolute Gasteiger partial charge is 0.261 e. The predicted octanol–water partition coefficient (Wildman–Crippen LogP) is 1.97. The summed E-state index contributed by atoms with van der Waals surface area (Å²) in [6, 6.07) is 2.09. The fourth-order valence-corrected chi connectivity index (χ4v) is 3.30. The lowest BCUT2D eigenvalue weighted by Gasteiger charge is -2.08. The van der Waals surface area contributed by atoms with E-state index in [0.717, 1.165) is 30.8 Å². The Balaban J connectivity index is 1.88. The Morgan fingerprint density at radius 3 is 2.94 bits per heavy atom. The Hall–Kier alpha value is -0.870. The van der Waals surface area contributed by atoms with Gasteiger partial charge in [-0.05, 0) is 43.9 Å². The molecule has 1 aliphatic carbocycles. The molecule has 0 aromatic carbocycles. The van der Waals surface area contributed by atoms with Crippen LogP contribution in [-0.2, 0) is 12.8 Å². The van der Waals surface area contributed by atoms with Crippen molar-refractivity contribution in [2.75, 3.05) is 19.6 Å². The lowest BCUT2D eigenvalue weighted by molar-refractivity contribution is 0.0958. The molecular weight excluding hydrogens is 232 g/mol. The summed E-state index contributed by atoms with van der Waals surface area (Å²) < 4.78 is 0. The maximum Gasteiger partial charge on any atom is 0.261 e. The van der Waals surface area contributed by atoms with Gasteiger partial charge in [-0.25, -0.2) is 0 Å². The lowest BCUT2D eigenvalue weighted by Crippen LogP contribution is -2.31. The Morgan fingerprint density at radius 1 is 1.35 bits per heavy atom. The van der Waals surface area contributed by atoms with E-state index in [2.05, 4.69) is 23.6 Å². The molecule has 0 saturated heterocycles. The second kappa shape index (κ2) is 6.17. The van der Waals surface area contributed by atoms with Crippen molar-refractivity contribution in [2.24, 2.45) is 0 Å². The zero-order chi connectivity index (χ0) is 12.1. The van der Waals surface area contributed by atoms with E-state index < -0.39 is 0 Å². The summed E-state index contributed by atoms with van der Waals surface area (Å²) in [5, 5.41) is 6.14. The summed E-state index contributed by atoms with van der Waals surface area (Å²) in [4.78, 5) is 14.2. The lowest BCUT2D eigenvalue weighted by atomic mass is 9.99. The summed E-state index contributed by atoms with van der Waals surface area (Å²) in [5.74, 6) is 0.0855. The SMILES string of the molecule is CCNCCNC(=O)c1cc2c(s1)CCCC2. The van der Waals surface area contributed by atoms with E-state index in [0.29, 0.717) is 6.54 Å².